The van der Waals surface area contributed by atoms with Gasteiger partial charge >= 0.3 is 0 Å². The molecule has 1 heterocycles. The molecule has 1 aromatic rings. The van der Waals surface area contributed by atoms with Crippen molar-refractivity contribution >= 4 is 11.6 Å². The van der Waals surface area contributed by atoms with Crippen molar-refractivity contribution in [2.45, 2.75) is 33.2 Å². The highest BCUT2D eigenvalue weighted by Crippen LogP contribution is 2.15. The van der Waals surface area contributed by atoms with Crippen LogP contribution in [0.5, 0.6) is 0 Å². The van der Waals surface area contributed by atoms with Gasteiger partial charge in [-0.3, -0.25) is 9.69 Å². The normalized spacial score (nSPS) is 18.2. The summed E-state index contributed by atoms with van der Waals surface area (Å²) in [4.78, 5) is 16.9. The van der Waals surface area contributed by atoms with Gasteiger partial charge in [0.05, 0.1) is 6.04 Å². The fraction of sp³-hybridized carbons (Fsp3) is 0.588. The summed E-state index contributed by atoms with van der Waals surface area (Å²) in [7, 11) is 0. The average Bonchev–Trinajstić information content (AvgIpc) is 2.51. The molecule has 0 aliphatic carbocycles. The fourth-order valence-corrected chi connectivity index (χ4v) is 2.77. The van der Waals surface area contributed by atoms with E-state index < -0.39 is 0 Å². The topological polar surface area (TPSA) is 35.6 Å². The molecule has 122 valence electrons. The highest BCUT2D eigenvalue weighted by Gasteiger charge is 2.25. The van der Waals surface area contributed by atoms with Crippen LogP contribution in [0.25, 0.3) is 0 Å². The standard InChI is InChI=1S/C17H26FN3O/c1-4-7-20-8-10-21(11-9-20)14(3)17(22)19-15-6-5-13(2)16(18)12-15/h5-6,12,14H,4,7-11H2,1-3H3,(H,19,22). The van der Waals surface area contributed by atoms with Gasteiger partial charge in [-0.05, 0) is 44.5 Å². The Balaban J connectivity index is 1.88. The Bertz CT molecular complexity index is 513. The second-order valence-electron chi connectivity index (χ2n) is 6.01. The number of rotatable bonds is 5. The van der Waals surface area contributed by atoms with Crippen molar-refractivity contribution in [1.82, 2.24) is 9.80 Å². The monoisotopic (exact) mass is 307 g/mol. The number of piperazine rings is 1. The molecule has 0 saturated carbocycles. The first kappa shape index (κ1) is 16.9. The van der Waals surface area contributed by atoms with Crippen molar-refractivity contribution in [3.8, 4) is 0 Å². The van der Waals surface area contributed by atoms with E-state index in [1.54, 1.807) is 19.1 Å². The molecule has 1 aromatic carbocycles. The molecule has 0 spiro atoms. The summed E-state index contributed by atoms with van der Waals surface area (Å²) in [5.41, 5.74) is 1.10. The molecule has 1 unspecified atom stereocenters. The highest BCUT2D eigenvalue weighted by molar-refractivity contribution is 5.94. The van der Waals surface area contributed by atoms with E-state index in [0.29, 0.717) is 11.3 Å². The third kappa shape index (κ3) is 4.27. The van der Waals surface area contributed by atoms with Crippen molar-refractivity contribution < 1.29 is 9.18 Å². The summed E-state index contributed by atoms with van der Waals surface area (Å²) in [5, 5.41) is 2.81. The molecule has 0 bridgehead atoms. The van der Waals surface area contributed by atoms with E-state index in [1.807, 2.05) is 6.92 Å². The molecule has 1 N–H and O–H groups in total. The molecule has 0 radical (unpaired) electrons. The number of hydrogen-bond acceptors (Lipinski definition) is 3. The van der Waals surface area contributed by atoms with Crippen molar-refractivity contribution in [1.29, 1.82) is 0 Å². The Morgan fingerprint density at radius 3 is 2.59 bits per heavy atom. The molecule has 1 aliphatic heterocycles. The minimum absolute atomic E-state index is 0.0767. The fourth-order valence-electron chi connectivity index (χ4n) is 2.77. The summed E-state index contributed by atoms with van der Waals surface area (Å²) >= 11 is 0. The molecule has 0 aromatic heterocycles. The highest BCUT2D eigenvalue weighted by atomic mass is 19.1. The van der Waals surface area contributed by atoms with Crippen LogP contribution in [0.15, 0.2) is 18.2 Å². The SMILES string of the molecule is CCCN1CCN(C(C)C(=O)Nc2ccc(C)c(F)c2)CC1. The Morgan fingerprint density at radius 1 is 1.32 bits per heavy atom. The molecule has 1 fully saturated rings. The first-order chi connectivity index (χ1) is 10.5. The second-order valence-corrected chi connectivity index (χ2v) is 6.01. The van der Waals surface area contributed by atoms with Crippen LogP contribution in [0.3, 0.4) is 0 Å². The van der Waals surface area contributed by atoms with Crippen molar-refractivity contribution in [2.75, 3.05) is 38.0 Å². The number of benzene rings is 1. The van der Waals surface area contributed by atoms with E-state index in [1.165, 1.54) is 6.07 Å². The molecule has 1 amide bonds. The summed E-state index contributed by atoms with van der Waals surface area (Å²) in [6.45, 7) is 10.7. The van der Waals surface area contributed by atoms with E-state index in [-0.39, 0.29) is 17.8 Å². The zero-order valence-corrected chi connectivity index (χ0v) is 13.7. The number of anilines is 1. The van der Waals surface area contributed by atoms with Gasteiger partial charge in [0.1, 0.15) is 5.82 Å². The van der Waals surface area contributed by atoms with Gasteiger partial charge in [-0.25, -0.2) is 4.39 Å². The van der Waals surface area contributed by atoms with Gasteiger partial charge < -0.3 is 10.2 Å². The predicted molar refractivity (Wildman–Crippen MR) is 87.5 cm³/mol. The van der Waals surface area contributed by atoms with Crippen molar-refractivity contribution in [3.05, 3.63) is 29.6 Å². The van der Waals surface area contributed by atoms with Crippen LogP contribution in [-0.2, 0) is 4.79 Å². The lowest BCUT2D eigenvalue weighted by molar-refractivity contribution is -0.121. The smallest absolute Gasteiger partial charge is 0.241 e. The number of hydrogen-bond donors (Lipinski definition) is 1. The lowest BCUT2D eigenvalue weighted by Gasteiger charge is -2.37. The lowest BCUT2D eigenvalue weighted by atomic mass is 10.2. The van der Waals surface area contributed by atoms with Gasteiger partial charge in [0, 0.05) is 31.9 Å². The Kier molecular flexibility index (Phi) is 5.91. The Morgan fingerprint density at radius 2 is 2.00 bits per heavy atom. The first-order valence-corrected chi connectivity index (χ1v) is 8.04. The summed E-state index contributed by atoms with van der Waals surface area (Å²) < 4.78 is 13.5. The Labute approximate surface area is 132 Å². The molecule has 5 heteroatoms. The third-order valence-electron chi connectivity index (χ3n) is 4.31. The second kappa shape index (κ2) is 7.70. The molecule has 2 rings (SSSR count). The quantitative estimate of drug-likeness (QED) is 0.908. The van der Waals surface area contributed by atoms with Crippen LogP contribution in [0, 0.1) is 12.7 Å². The van der Waals surface area contributed by atoms with Crippen LogP contribution in [0.1, 0.15) is 25.8 Å². The zero-order valence-electron chi connectivity index (χ0n) is 13.7. The maximum absolute atomic E-state index is 13.5. The minimum atomic E-state index is -0.293. The number of carbonyl (C=O) groups excluding carboxylic acids is 1. The number of nitrogens with one attached hydrogen (secondary N) is 1. The molecule has 4 nitrogen and oxygen atoms in total. The van der Waals surface area contributed by atoms with Crippen molar-refractivity contribution in [3.63, 3.8) is 0 Å². The summed E-state index contributed by atoms with van der Waals surface area (Å²) in [5.74, 6) is -0.370. The first-order valence-electron chi connectivity index (χ1n) is 8.04. The number of carbonyl (C=O) groups is 1. The predicted octanol–water partition coefficient (Wildman–Crippen LogP) is 2.49. The van der Waals surface area contributed by atoms with Crippen molar-refractivity contribution in [2.24, 2.45) is 0 Å². The number of amides is 1. The van der Waals surface area contributed by atoms with Crippen LogP contribution >= 0.6 is 0 Å². The molecular weight excluding hydrogens is 281 g/mol. The van der Waals surface area contributed by atoms with E-state index in [0.717, 1.165) is 39.1 Å². The van der Waals surface area contributed by atoms with Gasteiger partial charge in [-0.15, -0.1) is 0 Å². The molecular formula is C17H26FN3O. The number of halogens is 1. The molecule has 1 saturated heterocycles. The van der Waals surface area contributed by atoms with Crippen LogP contribution in [0.4, 0.5) is 10.1 Å². The van der Waals surface area contributed by atoms with Gasteiger partial charge in [0.2, 0.25) is 5.91 Å². The molecule has 1 aliphatic rings. The molecule has 1 atom stereocenters. The summed E-state index contributed by atoms with van der Waals surface area (Å²) in [6.07, 6.45) is 1.16. The van der Waals surface area contributed by atoms with Crippen LogP contribution < -0.4 is 5.32 Å². The van der Waals surface area contributed by atoms with E-state index in [2.05, 4.69) is 22.0 Å². The molecule has 22 heavy (non-hydrogen) atoms. The van der Waals surface area contributed by atoms with Gasteiger partial charge in [-0.2, -0.15) is 0 Å². The number of aryl methyl sites for hydroxylation is 1. The van der Waals surface area contributed by atoms with E-state index in [4.69, 9.17) is 0 Å². The van der Waals surface area contributed by atoms with Crippen LogP contribution in [0.2, 0.25) is 0 Å². The summed E-state index contributed by atoms with van der Waals surface area (Å²) in [6, 6.07) is 4.59. The van der Waals surface area contributed by atoms with Crippen LogP contribution in [-0.4, -0.2) is 54.5 Å². The minimum Gasteiger partial charge on any atom is -0.325 e. The average molecular weight is 307 g/mol. The third-order valence-corrected chi connectivity index (χ3v) is 4.31. The largest absolute Gasteiger partial charge is 0.325 e. The number of nitrogens with zero attached hydrogens (tertiary/aromatic N) is 2. The lowest BCUT2D eigenvalue weighted by Crippen LogP contribution is -2.52. The van der Waals surface area contributed by atoms with Gasteiger partial charge in [0.15, 0.2) is 0 Å². The van der Waals surface area contributed by atoms with E-state index in [9.17, 15) is 9.18 Å². The maximum Gasteiger partial charge on any atom is 0.241 e. The zero-order chi connectivity index (χ0) is 16.1. The Hall–Kier alpha value is -1.46. The van der Waals surface area contributed by atoms with E-state index >= 15 is 0 Å². The van der Waals surface area contributed by atoms with Gasteiger partial charge in [0.25, 0.3) is 0 Å². The van der Waals surface area contributed by atoms with Gasteiger partial charge in [-0.1, -0.05) is 13.0 Å². The maximum atomic E-state index is 13.5.